The molecule has 0 spiro atoms. The van der Waals surface area contributed by atoms with E-state index in [1.54, 1.807) is 6.07 Å². The number of halogens is 1. The van der Waals surface area contributed by atoms with Crippen LogP contribution in [0.5, 0.6) is 0 Å². The van der Waals surface area contributed by atoms with E-state index in [1.165, 1.54) is 42.9 Å². The van der Waals surface area contributed by atoms with Crippen molar-refractivity contribution in [3.63, 3.8) is 0 Å². The summed E-state index contributed by atoms with van der Waals surface area (Å²) in [6.45, 7) is 2.35. The van der Waals surface area contributed by atoms with Gasteiger partial charge in [0.05, 0.1) is 5.69 Å². The minimum absolute atomic E-state index is 0.214. The largest absolute Gasteiger partial charge is 0.396 e. The van der Waals surface area contributed by atoms with Crippen molar-refractivity contribution in [2.24, 2.45) is 5.92 Å². The van der Waals surface area contributed by atoms with Crippen molar-refractivity contribution < 1.29 is 4.39 Å². The van der Waals surface area contributed by atoms with Gasteiger partial charge in [-0.3, -0.25) is 0 Å². The highest BCUT2D eigenvalue weighted by Gasteiger charge is 2.19. The molecule has 0 atom stereocenters. The highest BCUT2D eigenvalue weighted by Crippen LogP contribution is 2.35. The summed E-state index contributed by atoms with van der Waals surface area (Å²) >= 11 is 0. The van der Waals surface area contributed by atoms with Crippen LogP contribution in [0.15, 0.2) is 42.5 Å². The van der Waals surface area contributed by atoms with Crippen LogP contribution in [-0.4, -0.2) is 0 Å². The topological polar surface area (TPSA) is 26.0 Å². The van der Waals surface area contributed by atoms with Crippen LogP contribution in [0.1, 0.15) is 55.2 Å². The molecule has 116 valence electrons. The maximum absolute atomic E-state index is 13.5. The Balaban J connectivity index is 1.67. The lowest BCUT2D eigenvalue weighted by atomic mass is 9.79. The van der Waals surface area contributed by atoms with E-state index in [1.807, 2.05) is 6.07 Å². The molecule has 0 amide bonds. The molecule has 0 saturated heterocycles. The quantitative estimate of drug-likeness (QED) is 0.765. The minimum Gasteiger partial charge on any atom is -0.396 e. The summed E-state index contributed by atoms with van der Waals surface area (Å²) in [5.74, 6) is 1.28. The summed E-state index contributed by atoms with van der Waals surface area (Å²) in [6.07, 6.45) is 6.06. The van der Waals surface area contributed by atoms with Gasteiger partial charge < -0.3 is 5.73 Å². The number of nitrogen functional groups attached to an aromatic ring is 1. The zero-order valence-corrected chi connectivity index (χ0v) is 13.2. The van der Waals surface area contributed by atoms with E-state index >= 15 is 0 Å². The summed E-state index contributed by atoms with van der Waals surface area (Å²) in [5, 5.41) is 0. The molecular weight excluding hydrogens is 273 g/mol. The van der Waals surface area contributed by atoms with Crippen molar-refractivity contribution >= 4 is 5.69 Å². The first-order valence-electron chi connectivity index (χ1n) is 8.24. The fourth-order valence-electron chi connectivity index (χ4n) is 3.42. The highest BCUT2D eigenvalue weighted by molar-refractivity contribution is 5.42. The van der Waals surface area contributed by atoms with Crippen LogP contribution in [0.4, 0.5) is 10.1 Å². The summed E-state index contributed by atoms with van der Waals surface area (Å²) < 4.78 is 13.5. The zero-order chi connectivity index (χ0) is 15.5. The predicted molar refractivity (Wildman–Crippen MR) is 90.4 cm³/mol. The van der Waals surface area contributed by atoms with Gasteiger partial charge in [-0.25, -0.2) is 4.39 Å². The Labute approximate surface area is 132 Å². The van der Waals surface area contributed by atoms with Crippen LogP contribution in [0.25, 0.3) is 0 Å². The van der Waals surface area contributed by atoms with E-state index in [0.717, 1.165) is 23.8 Å². The molecule has 0 aromatic heterocycles. The number of rotatable bonds is 3. The van der Waals surface area contributed by atoms with Crippen molar-refractivity contribution in [1.29, 1.82) is 0 Å². The molecular formula is C20H24FN. The van der Waals surface area contributed by atoms with Gasteiger partial charge in [-0.1, -0.05) is 50.1 Å². The molecule has 1 fully saturated rings. The Morgan fingerprint density at radius 1 is 0.955 bits per heavy atom. The normalized spacial score (nSPS) is 21.7. The van der Waals surface area contributed by atoms with Gasteiger partial charge in [-0.2, -0.15) is 0 Å². The third kappa shape index (κ3) is 3.49. The molecule has 1 saturated carbocycles. The predicted octanol–water partition coefficient (Wildman–Crippen LogP) is 5.29. The van der Waals surface area contributed by atoms with Crippen LogP contribution < -0.4 is 5.73 Å². The van der Waals surface area contributed by atoms with Crippen LogP contribution in [0, 0.1) is 11.7 Å². The molecule has 22 heavy (non-hydrogen) atoms. The van der Waals surface area contributed by atoms with Crippen molar-refractivity contribution in [1.82, 2.24) is 0 Å². The molecule has 2 aromatic carbocycles. The zero-order valence-electron chi connectivity index (χ0n) is 13.2. The second-order valence-electron chi connectivity index (χ2n) is 6.73. The molecule has 2 N–H and O–H groups in total. The highest BCUT2D eigenvalue weighted by atomic mass is 19.1. The molecule has 1 nitrogen and oxygen atoms in total. The van der Waals surface area contributed by atoms with Gasteiger partial charge in [0.25, 0.3) is 0 Å². The van der Waals surface area contributed by atoms with Crippen LogP contribution in [0.2, 0.25) is 0 Å². The lowest BCUT2D eigenvalue weighted by Gasteiger charge is -2.26. The maximum Gasteiger partial charge on any atom is 0.146 e. The van der Waals surface area contributed by atoms with Crippen molar-refractivity contribution in [2.45, 2.75) is 44.9 Å². The Bertz CT molecular complexity index is 625. The van der Waals surface area contributed by atoms with E-state index in [0.29, 0.717) is 0 Å². The minimum atomic E-state index is -0.328. The second kappa shape index (κ2) is 6.51. The van der Waals surface area contributed by atoms with Gasteiger partial charge in [0.2, 0.25) is 0 Å². The van der Waals surface area contributed by atoms with E-state index in [-0.39, 0.29) is 11.5 Å². The average molecular weight is 297 g/mol. The maximum atomic E-state index is 13.5. The smallest absolute Gasteiger partial charge is 0.146 e. The molecule has 0 radical (unpaired) electrons. The van der Waals surface area contributed by atoms with Gasteiger partial charge in [0.1, 0.15) is 5.82 Å². The molecule has 3 rings (SSSR count). The standard InChI is InChI=1S/C20H24FN/c1-14-2-7-17(8-3-14)18-9-4-15(5-10-18)12-16-6-11-20(22)19(21)13-16/h4-6,9-11,13-14,17H,2-3,7-8,12,22H2,1H3. The van der Waals surface area contributed by atoms with E-state index in [9.17, 15) is 4.39 Å². The van der Waals surface area contributed by atoms with Crippen LogP contribution in [0.3, 0.4) is 0 Å². The first kappa shape index (κ1) is 15.1. The number of nitrogens with two attached hydrogens (primary N) is 1. The molecule has 0 unspecified atom stereocenters. The van der Waals surface area contributed by atoms with Gasteiger partial charge in [0, 0.05) is 0 Å². The molecule has 2 aromatic rings. The molecule has 0 bridgehead atoms. The third-order valence-corrected chi connectivity index (χ3v) is 4.94. The van der Waals surface area contributed by atoms with E-state index in [2.05, 4.69) is 31.2 Å². The van der Waals surface area contributed by atoms with Crippen LogP contribution in [-0.2, 0) is 6.42 Å². The summed E-state index contributed by atoms with van der Waals surface area (Å²) in [6, 6.07) is 13.9. The van der Waals surface area contributed by atoms with Crippen molar-refractivity contribution in [2.75, 3.05) is 5.73 Å². The van der Waals surface area contributed by atoms with Crippen molar-refractivity contribution in [3.05, 3.63) is 65.0 Å². The number of benzene rings is 2. The first-order valence-corrected chi connectivity index (χ1v) is 8.24. The Kier molecular flexibility index (Phi) is 4.47. The molecule has 0 aliphatic heterocycles. The average Bonchev–Trinajstić information content (AvgIpc) is 2.53. The fraction of sp³-hybridized carbons (Fsp3) is 0.400. The van der Waals surface area contributed by atoms with Crippen molar-refractivity contribution in [3.8, 4) is 0 Å². The lowest BCUT2D eigenvalue weighted by Crippen LogP contribution is -2.10. The molecule has 1 aliphatic carbocycles. The Hall–Kier alpha value is -1.83. The van der Waals surface area contributed by atoms with E-state index < -0.39 is 0 Å². The SMILES string of the molecule is CC1CCC(c2ccc(Cc3ccc(N)c(F)c3)cc2)CC1. The lowest BCUT2D eigenvalue weighted by molar-refractivity contribution is 0.348. The monoisotopic (exact) mass is 297 g/mol. The Morgan fingerprint density at radius 3 is 2.23 bits per heavy atom. The third-order valence-electron chi connectivity index (χ3n) is 4.94. The number of hydrogen-bond acceptors (Lipinski definition) is 1. The second-order valence-corrected chi connectivity index (χ2v) is 6.73. The van der Waals surface area contributed by atoms with Gasteiger partial charge in [-0.15, -0.1) is 0 Å². The summed E-state index contributed by atoms with van der Waals surface area (Å²) in [5.41, 5.74) is 9.37. The van der Waals surface area contributed by atoms with Gasteiger partial charge in [-0.05, 0) is 59.9 Å². The summed E-state index contributed by atoms with van der Waals surface area (Å²) in [4.78, 5) is 0. The Morgan fingerprint density at radius 2 is 1.59 bits per heavy atom. The summed E-state index contributed by atoms with van der Waals surface area (Å²) in [7, 11) is 0. The van der Waals surface area contributed by atoms with Gasteiger partial charge in [0.15, 0.2) is 0 Å². The molecule has 2 heteroatoms. The molecule has 0 heterocycles. The van der Waals surface area contributed by atoms with Gasteiger partial charge >= 0.3 is 0 Å². The van der Waals surface area contributed by atoms with Crippen LogP contribution >= 0.6 is 0 Å². The molecule has 1 aliphatic rings. The fourth-order valence-corrected chi connectivity index (χ4v) is 3.42. The number of hydrogen-bond donors (Lipinski definition) is 1. The first-order chi connectivity index (χ1) is 10.6. The van der Waals surface area contributed by atoms with E-state index in [4.69, 9.17) is 5.73 Å². The number of anilines is 1.